The third-order valence-corrected chi connectivity index (χ3v) is 3.61. The molecule has 0 saturated carbocycles. The summed E-state index contributed by atoms with van der Waals surface area (Å²) in [6.07, 6.45) is 1.98. The Bertz CT molecular complexity index is 225. The summed E-state index contributed by atoms with van der Waals surface area (Å²) in [6.45, 7) is 10.6. The molecule has 0 spiro atoms. The maximum absolute atomic E-state index is 11.5. The van der Waals surface area contributed by atoms with Crippen LogP contribution in [0.5, 0.6) is 0 Å². The van der Waals surface area contributed by atoms with E-state index in [1.807, 2.05) is 6.92 Å². The Kier molecular flexibility index (Phi) is 6.52. The first-order chi connectivity index (χ1) is 8.13. The van der Waals surface area contributed by atoms with E-state index in [2.05, 4.69) is 29.1 Å². The molecule has 1 aliphatic rings. The van der Waals surface area contributed by atoms with E-state index in [4.69, 9.17) is 0 Å². The summed E-state index contributed by atoms with van der Waals surface area (Å²) in [6, 6.07) is 0. The molecule has 1 aliphatic heterocycles. The second-order valence-corrected chi connectivity index (χ2v) is 5.10. The monoisotopic (exact) mass is 241 g/mol. The van der Waals surface area contributed by atoms with Crippen molar-refractivity contribution in [3.05, 3.63) is 0 Å². The second kappa shape index (κ2) is 7.67. The van der Waals surface area contributed by atoms with Crippen molar-refractivity contribution in [3.8, 4) is 0 Å². The van der Waals surface area contributed by atoms with Gasteiger partial charge in [-0.2, -0.15) is 0 Å². The molecule has 4 heteroatoms. The Labute approximate surface area is 105 Å². The summed E-state index contributed by atoms with van der Waals surface area (Å²) >= 11 is 0. The molecule has 1 amide bonds. The highest BCUT2D eigenvalue weighted by Gasteiger charge is 2.13. The van der Waals surface area contributed by atoms with Gasteiger partial charge in [0.25, 0.3) is 0 Å². The minimum absolute atomic E-state index is 0.152. The Morgan fingerprint density at radius 3 is 2.53 bits per heavy atom. The standard InChI is InChI=1S/C13H27N3O/c1-4-12(2)13(17)14-6-5-7-16-10-8-15(3)9-11-16/h12H,4-11H2,1-3H3,(H,14,17)/t12-/m0/s1. The van der Waals surface area contributed by atoms with Gasteiger partial charge in [0.05, 0.1) is 0 Å². The van der Waals surface area contributed by atoms with Crippen LogP contribution in [0.15, 0.2) is 0 Å². The summed E-state index contributed by atoms with van der Waals surface area (Å²) < 4.78 is 0. The van der Waals surface area contributed by atoms with Crippen LogP contribution in [0.2, 0.25) is 0 Å². The van der Waals surface area contributed by atoms with Crippen molar-refractivity contribution < 1.29 is 4.79 Å². The van der Waals surface area contributed by atoms with Crippen molar-refractivity contribution in [1.29, 1.82) is 0 Å². The van der Waals surface area contributed by atoms with Crippen molar-refractivity contribution >= 4 is 5.91 Å². The van der Waals surface area contributed by atoms with Gasteiger partial charge in [-0.1, -0.05) is 13.8 Å². The molecular formula is C13H27N3O. The zero-order valence-corrected chi connectivity index (χ0v) is 11.5. The van der Waals surface area contributed by atoms with Crippen molar-refractivity contribution in [2.24, 2.45) is 5.92 Å². The summed E-state index contributed by atoms with van der Waals surface area (Å²) in [4.78, 5) is 16.4. The largest absolute Gasteiger partial charge is 0.356 e. The summed E-state index contributed by atoms with van der Waals surface area (Å²) in [5.41, 5.74) is 0. The molecule has 0 aromatic carbocycles. The fourth-order valence-electron chi connectivity index (χ4n) is 1.95. The molecule has 0 bridgehead atoms. The van der Waals surface area contributed by atoms with Crippen LogP contribution in [-0.2, 0) is 4.79 Å². The predicted molar refractivity (Wildman–Crippen MR) is 71.0 cm³/mol. The lowest BCUT2D eigenvalue weighted by Gasteiger charge is -2.32. The number of rotatable bonds is 6. The maximum atomic E-state index is 11.5. The van der Waals surface area contributed by atoms with E-state index in [0.29, 0.717) is 0 Å². The van der Waals surface area contributed by atoms with Gasteiger partial charge >= 0.3 is 0 Å². The fraction of sp³-hybridized carbons (Fsp3) is 0.923. The minimum atomic E-state index is 0.152. The molecular weight excluding hydrogens is 214 g/mol. The highest BCUT2D eigenvalue weighted by atomic mass is 16.1. The molecule has 1 N–H and O–H groups in total. The van der Waals surface area contributed by atoms with Gasteiger partial charge in [-0.05, 0) is 26.4 Å². The van der Waals surface area contributed by atoms with Crippen molar-refractivity contribution in [2.45, 2.75) is 26.7 Å². The van der Waals surface area contributed by atoms with Crippen LogP contribution >= 0.6 is 0 Å². The molecule has 1 heterocycles. The van der Waals surface area contributed by atoms with Crippen LogP contribution in [0, 0.1) is 5.92 Å². The number of carbonyl (C=O) groups is 1. The SMILES string of the molecule is CC[C@H](C)C(=O)NCCCN1CCN(C)CC1. The normalized spacial score (nSPS) is 20.2. The number of hydrogen-bond donors (Lipinski definition) is 1. The molecule has 1 saturated heterocycles. The third kappa shape index (κ3) is 5.50. The molecule has 1 fully saturated rings. The van der Waals surface area contributed by atoms with Crippen molar-refractivity contribution in [2.75, 3.05) is 46.3 Å². The number of nitrogens with zero attached hydrogens (tertiary/aromatic N) is 2. The lowest BCUT2D eigenvalue weighted by Crippen LogP contribution is -2.45. The number of hydrogen-bond acceptors (Lipinski definition) is 3. The highest BCUT2D eigenvalue weighted by Crippen LogP contribution is 2.01. The quantitative estimate of drug-likeness (QED) is 0.698. The average Bonchev–Trinajstić information content (AvgIpc) is 2.35. The second-order valence-electron chi connectivity index (χ2n) is 5.10. The van der Waals surface area contributed by atoms with Crippen molar-refractivity contribution in [3.63, 3.8) is 0 Å². The van der Waals surface area contributed by atoms with E-state index in [0.717, 1.165) is 39.0 Å². The molecule has 1 rings (SSSR count). The third-order valence-electron chi connectivity index (χ3n) is 3.61. The van der Waals surface area contributed by atoms with E-state index in [-0.39, 0.29) is 11.8 Å². The van der Waals surface area contributed by atoms with E-state index in [1.165, 1.54) is 13.1 Å². The summed E-state index contributed by atoms with van der Waals surface area (Å²) in [7, 11) is 2.17. The van der Waals surface area contributed by atoms with Crippen LogP contribution in [0.25, 0.3) is 0 Å². The van der Waals surface area contributed by atoms with Gasteiger partial charge < -0.3 is 15.1 Å². The molecule has 0 aromatic rings. The zero-order valence-electron chi connectivity index (χ0n) is 11.5. The van der Waals surface area contributed by atoms with Gasteiger partial charge in [-0.25, -0.2) is 0 Å². The van der Waals surface area contributed by atoms with Crippen LogP contribution in [0.4, 0.5) is 0 Å². The summed E-state index contributed by atoms with van der Waals surface area (Å²) in [5, 5.41) is 3.01. The lowest BCUT2D eigenvalue weighted by atomic mass is 10.1. The smallest absolute Gasteiger partial charge is 0.222 e. The molecule has 4 nitrogen and oxygen atoms in total. The van der Waals surface area contributed by atoms with Gasteiger partial charge in [0.2, 0.25) is 5.91 Å². The van der Waals surface area contributed by atoms with Gasteiger partial charge in [-0.3, -0.25) is 4.79 Å². The highest BCUT2D eigenvalue weighted by molar-refractivity contribution is 5.78. The van der Waals surface area contributed by atoms with E-state index in [9.17, 15) is 4.79 Å². The molecule has 0 aliphatic carbocycles. The first kappa shape index (κ1) is 14.5. The maximum Gasteiger partial charge on any atom is 0.222 e. The fourth-order valence-corrected chi connectivity index (χ4v) is 1.95. The van der Waals surface area contributed by atoms with Crippen LogP contribution < -0.4 is 5.32 Å². The topological polar surface area (TPSA) is 35.6 Å². The van der Waals surface area contributed by atoms with Crippen LogP contribution in [0.3, 0.4) is 0 Å². The summed E-state index contributed by atoms with van der Waals surface area (Å²) in [5.74, 6) is 0.351. The Morgan fingerprint density at radius 1 is 1.29 bits per heavy atom. The zero-order chi connectivity index (χ0) is 12.7. The van der Waals surface area contributed by atoms with Gasteiger partial charge in [0.1, 0.15) is 0 Å². The minimum Gasteiger partial charge on any atom is -0.356 e. The number of carbonyl (C=O) groups excluding carboxylic acids is 1. The predicted octanol–water partition coefficient (Wildman–Crippen LogP) is 0.786. The molecule has 0 unspecified atom stereocenters. The van der Waals surface area contributed by atoms with E-state index < -0.39 is 0 Å². The Balaban J connectivity index is 2.02. The van der Waals surface area contributed by atoms with Gasteiger partial charge in [-0.15, -0.1) is 0 Å². The van der Waals surface area contributed by atoms with Crippen LogP contribution in [-0.4, -0.2) is 62.0 Å². The van der Waals surface area contributed by atoms with E-state index in [1.54, 1.807) is 0 Å². The lowest BCUT2D eigenvalue weighted by molar-refractivity contribution is -0.124. The first-order valence-electron chi connectivity index (χ1n) is 6.82. The van der Waals surface area contributed by atoms with Gasteiger partial charge in [0, 0.05) is 38.6 Å². The van der Waals surface area contributed by atoms with Crippen LogP contribution in [0.1, 0.15) is 26.7 Å². The number of nitrogens with one attached hydrogen (secondary N) is 1. The molecule has 100 valence electrons. The molecule has 1 atom stereocenters. The van der Waals surface area contributed by atoms with Crippen molar-refractivity contribution in [1.82, 2.24) is 15.1 Å². The Morgan fingerprint density at radius 2 is 1.94 bits per heavy atom. The number of amides is 1. The molecule has 0 aromatic heterocycles. The molecule has 0 radical (unpaired) electrons. The van der Waals surface area contributed by atoms with E-state index >= 15 is 0 Å². The number of piperazine rings is 1. The van der Waals surface area contributed by atoms with Gasteiger partial charge in [0.15, 0.2) is 0 Å². The average molecular weight is 241 g/mol. The Hall–Kier alpha value is -0.610. The number of likely N-dealkylation sites (N-methyl/N-ethyl adjacent to an activating group) is 1. The molecule has 17 heavy (non-hydrogen) atoms. The first-order valence-corrected chi connectivity index (χ1v) is 6.82.